The number of aryl methyl sites for hydroxylation is 2. The van der Waals surface area contributed by atoms with Crippen molar-refractivity contribution in [3.05, 3.63) is 34.3 Å². The lowest BCUT2D eigenvalue weighted by Gasteiger charge is -2.08. The van der Waals surface area contributed by atoms with Crippen molar-refractivity contribution in [1.29, 1.82) is 0 Å². The Labute approximate surface area is 105 Å². The molecule has 1 heterocycles. The van der Waals surface area contributed by atoms with Crippen molar-refractivity contribution >= 4 is 40.7 Å². The van der Waals surface area contributed by atoms with Crippen molar-refractivity contribution in [2.45, 2.75) is 13.8 Å². The molecule has 0 saturated heterocycles. The second-order valence-electron chi connectivity index (χ2n) is 3.59. The summed E-state index contributed by atoms with van der Waals surface area (Å²) in [7, 11) is 0. The van der Waals surface area contributed by atoms with Crippen LogP contribution in [-0.2, 0) is 0 Å². The number of rotatable bonds is 1. The summed E-state index contributed by atoms with van der Waals surface area (Å²) in [6.07, 6.45) is 0. The van der Waals surface area contributed by atoms with Gasteiger partial charge in [-0.05, 0) is 43.2 Å². The van der Waals surface area contributed by atoms with E-state index in [2.05, 4.69) is 10.4 Å². The first-order valence-electron chi connectivity index (χ1n) is 4.66. The zero-order valence-corrected chi connectivity index (χ0v) is 10.6. The molecule has 16 heavy (non-hydrogen) atoms. The lowest BCUT2D eigenvalue weighted by molar-refractivity contribution is 1.22. The molecule has 0 spiro atoms. The lowest BCUT2D eigenvalue weighted by Crippen LogP contribution is -2.10. The molecule has 0 radical (unpaired) electrons. The Morgan fingerprint density at radius 2 is 1.88 bits per heavy atom. The topological polar surface area (TPSA) is 50.9 Å². The predicted octanol–water partition coefficient (Wildman–Crippen LogP) is 3.21. The van der Waals surface area contributed by atoms with Crippen LogP contribution in [0.1, 0.15) is 11.1 Å². The number of nitrogens with one attached hydrogen (secondary N) is 1. The highest BCUT2D eigenvalue weighted by Gasteiger charge is 2.05. The first-order chi connectivity index (χ1) is 7.11. The summed E-state index contributed by atoms with van der Waals surface area (Å²) in [6, 6.07) is 5.83. The van der Waals surface area contributed by atoms with Gasteiger partial charge in [-0.3, -0.25) is 0 Å². The molecule has 0 atom stereocenters. The van der Waals surface area contributed by atoms with Crippen molar-refractivity contribution < 1.29 is 0 Å². The van der Waals surface area contributed by atoms with Gasteiger partial charge in [-0.1, -0.05) is 11.6 Å². The quantitative estimate of drug-likeness (QED) is 0.610. The summed E-state index contributed by atoms with van der Waals surface area (Å²) in [5.74, 6) is 6.08. The molecular weight excluding hydrogens is 245 g/mol. The van der Waals surface area contributed by atoms with Crippen molar-refractivity contribution in [3.8, 4) is 0 Å². The molecular formula is C11H13Cl2N3. The molecule has 1 aromatic carbocycles. The summed E-state index contributed by atoms with van der Waals surface area (Å²) in [5.41, 5.74) is 5.57. The van der Waals surface area contributed by atoms with Gasteiger partial charge in [0.15, 0.2) is 0 Å². The van der Waals surface area contributed by atoms with E-state index >= 15 is 0 Å². The van der Waals surface area contributed by atoms with Crippen molar-refractivity contribution in [2.24, 2.45) is 5.84 Å². The smallest absolute Gasteiger partial charge is 0.143 e. The van der Waals surface area contributed by atoms with E-state index in [1.165, 1.54) is 0 Å². The summed E-state index contributed by atoms with van der Waals surface area (Å²) in [4.78, 5) is 4.44. The number of fused-ring (bicyclic) bond motifs is 1. The average Bonchev–Trinajstić information content (AvgIpc) is 2.16. The molecule has 2 rings (SSSR count). The maximum absolute atomic E-state index is 5.98. The molecule has 2 aromatic rings. The van der Waals surface area contributed by atoms with Gasteiger partial charge in [0.1, 0.15) is 5.82 Å². The summed E-state index contributed by atoms with van der Waals surface area (Å²) < 4.78 is 0. The number of nitrogens with two attached hydrogens (primary N) is 1. The monoisotopic (exact) mass is 257 g/mol. The normalized spacial score (nSPS) is 10.0. The van der Waals surface area contributed by atoms with Crippen molar-refractivity contribution in [1.82, 2.24) is 4.98 Å². The van der Waals surface area contributed by atoms with E-state index in [1.807, 2.05) is 32.0 Å². The number of benzene rings is 1. The largest absolute Gasteiger partial charge is 0.308 e. The highest BCUT2D eigenvalue weighted by Crippen LogP contribution is 2.25. The standard InChI is InChI=1S/C11H12ClN3.ClH/c1-6-4-9(12)5-8-3-7(2)11(15-13)14-10(6)8;/h3-5H,13H2,1-2H3,(H,14,15);1H. The number of hydrogen-bond donors (Lipinski definition) is 2. The van der Waals surface area contributed by atoms with E-state index in [-0.39, 0.29) is 12.4 Å². The van der Waals surface area contributed by atoms with E-state index in [0.717, 1.165) is 27.1 Å². The third-order valence-corrected chi connectivity index (χ3v) is 2.62. The van der Waals surface area contributed by atoms with Crippen LogP contribution in [-0.4, -0.2) is 4.98 Å². The van der Waals surface area contributed by atoms with Crippen LogP contribution < -0.4 is 11.3 Å². The molecule has 0 unspecified atom stereocenters. The second kappa shape index (κ2) is 4.87. The van der Waals surface area contributed by atoms with Gasteiger partial charge in [-0.15, -0.1) is 12.4 Å². The van der Waals surface area contributed by atoms with E-state index in [4.69, 9.17) is 17.4 Å². The van der Waals surface area contributed by atoms with Gasteiger partial charge >= 0.3 is 0 Å². The molecule has 3 N–H and O–H groups in total. The molecule has 0 amide bonds. The fourth-order valence-corrected chi connectivity index (χ4v) is 1.95. The molecule has 0 fully saturated rings. The van der Waals surface area contributed by atoms with Gasteiger partial charge in [0.25, 0.3) is 0 Å². The molecule has 1 aromatic heterocycles. The van der Waals surface area contributed by atoms with Crippen LogP contribution in [0.5, 0.6) is 0 Å². The minimum atomic E-state index is 0. The SMILES string of the molecule is Cc1cc2cc(Cl)cc(C)c2nc1NN.Cl. The van der Waals surface area contributed by atoms with Gasteiger partial charge in [-0.2, -0.15) is 0 Å². The maximum atomic E-state index is 5.98. The van der Waals surface area contributed by atoms with Gasteiger partial charge in [-0.25, -0.2) is 10.8 Å². The lowest BCUT2D eigenvalue weighted by atomic mass is 10.1. The van der Waals surface area contributed by atoms with Crippen molar-refractivity contribution in [3.63, 3.8) is 0 Å². The van der Waals surface area contributed by atoms with Crippen molar-refractivity contribution in [2.75, 3.05) is 5.43 Å². The number of hydrazine groups is 1. The van der Waals surface area contributed by atoms with Crippen LogP contribution in [0.3, 0.4) is 0 Å². The summed E-state index contributed by atoms with van der Waals surface area (Å²) in [6.45, 7) is 3.94. The van der Waals surface area contributed by atoms with Gasteiger partial charge in [0.2, 0.25) is 0 Å². The van der Waals surface area contributed by atoms with E-state index < -0.39 is 0 Å². The highest BCUT2D eigenvalue weighted by molar-refractivity contribution is 6.31. The Bertz CT molecular complexity index is 526. The molecule has 0 bridgehead atoms. The minimum Gasteiger partial charge on any atom is -0.308 e. The zero-order chi connectivity index (χ0) is 11.0. The Kier molecular flexibility index (Phi) is 3.97. The fourth-order valence-electron chi connectivity index (χ4n) is 1.67. The van der Waals surface area contributed by atoms with E-state index in [1.54, 1.807) is 0 Å². The number of aromatic nitrogens is 1. The first kappa shape index (κ1) is 13.0. The Balaban J connectivity index is 0.00000128. The number of nitrogen functional groups attached to an aromatic ring is 1. The third-order valence-electron chi connectivity index (χ3n) is 2.40. The Morgan fingerprint density at radius 3 is 2.50 bits per heavy atom. The van der Waals surface area contributed by atoms with Crippen LogP contribution >= 0.6 is 24.0 Å². The molecule has 0 aliphatic rings. The number of nitrogens with zero attached hydrogens (tertiary/aromatic N) is 1. The zero-order valence-electron chi connectivity index (χ0n) is 9.04. The van der Waals surface area contributed by atoms with Gasteiger partial charge in [0.05, 0.1) is 5.52 Å². The molecule has 86 valence electrons. The Morgan fingerprint density at radius 1 is 1.19 bits per heavy atom. The van der Waals surface area contributed by atoms with Gasteiger partial charge in [0, 0.05) is 10.4 Å². The van der Waals surface area contributed by atoms with E-state index in [0.29, 0.717) is 5.82 Å². The molecule has 3 nitrogen and oxygen atoms in total. The molecule has 0 saturated carbocycles. The number of hydrogen-bond acceptors (Lipinski definition) is 3. The van der Waals surface area contributed by atoms with Gasteiger partial charge < -0.3 is 5.43 Å². The molecule has 0 aliphatic carbocycles. The second-order valence-corrected chi connectivity index (χ2v) is 4.03. The summed E-state index contributed by atoms with van der Waals surface area (Å²) in [5, 5.41) is 1.77. The van der Waals surface area contributed by atoms with Crippen LogP contribution in [0.25, 0.3) is 10.9 Å². The Hall–Kier alpha value is -1.03. The maximum Gasteiger partial charge on any atom is 0.143 e. The highest BCUT2D eigenvalue weighted by atomic mass is 35.5. The number of anilines is 1. The van der Waals surface area contributed by atoms with E-state index in [9.17, 15) is 0 Å². The molecule has 5 heteroatoms. The van der Waals surface area contributed by atoms with Crippen LogP contribution in [0.4, 0.5) is 5.82 Å². The molecule has 0 aliphatic heterocycles. The average molecular weight is 258 g/mol. The fraction of sp³-hybridized carbons (Fsp3) is 0.182. The van der Waals surface area contributed by atoms with Crippen LogP contribution in [0.2, 0.25) is 5.02 Å². The minimum absolute atomic E-state index is 0. The predicted molar refractivity (Wildman–Crippen MR) is 71.3 cm³/mol. The van der Waals surface area contributed by atoms with Crippen LogP contribution in [0.15, 0.2) is 18.2 Å². The number of halogens is 2. The van der Waals surface area contributed by atoms with Crippen LogP contribution in [0, 0.1) is 13.8 Å². The summed E-state index contributed by atoms with van der Waals surface area (Å²) >= 11 is 5.98. The first-order valence-corrected chi connectivity index (χ1v) is 5.03. The third kappa shape index (κ3) is 2.21. The number of pyridine rings is 1.